The number of hydrogen-bond donors (Lipinski definition) is 4. The number of hydrogen-bond acceptors (Lipinski definition) is 5. The standard InChI is InChI=1S/C26H21ClN4O3/c27-19-9-5-16(6-10-19)13-25(33)30-23-11-7-18(20-3-1-2-4-21(20)23)15-29-31-26(34)17-8-12-24(32)22(28)14-17/h1-12,14-15,32H,13,28H2,(H,30,33)(H,31,34)/b29-15+. The van der Waals surface area contributed by atoms with Gasteiger partial charge in [-0.3, -0.25) is 9.59 Å². The van der Waals surface area contributed by atoms with Crippen LogP contribution in [-0.2, 0) is 11.2 Å². The van der Waals surface area contributed by atoms with Gasteiger partial charge in [0.25, 0.3) is 5.91 Å². The second-order valence-corrected chi connectivity index (χ2v) is 8.01. The molecule has 4 rings (SSSR count). The van der Waals surface area contributed by atoms with Crippen LogP contribution in [0.2, 0.25) is 5.02 Å². The number of amides is 2. The van der Waals surface area contributed by atoms with Gasteiger partial charge in [-0.15, -0.1) is 0 Å². The van der Waals surface area contributed by atoms with Crippen LogP contribution in [0, 0.1) is 0 Å². The monoisotopic (exact) mass is 472 g/mol. The molecule has 0 spiro atoms. The van der Waals surface area contributed by atoms with E-state index >= 15 is 0 Å². The molecular formula is C26H21ClN4O3. The molecule has 0 unspecified atom stereocenters. The molecule has 170 valence electrons. The Labute approximate surface area is 200 Å². The Morgan fingerprint density at radius 3 is 2.44 bits per heavy atom. The van der Waals surface area contributed by atoms with E-state index in [0.717, 1.165) is 21.9 Å². The number of aromatic hydroxyl groups is 1. The van der Waals surface area contributed by atoms with E-state index in [1.165, 1.54) is 24.4 Å². The fourth-order valence-corrected chi connectivity index (χ4v) is 3.57. The molecule has 0 bridgehead atoms. The fraction of sp³-hybridized carbons (Fsp3) is 0.0385. The predicted octanol–water partition coefficient (Wildman–Crippen LogP) is 4.73. The minimum atomic E-state index is -0.460. The van der Waals surface area contributed by atoms with Crippen molar-refractivity contribution in [1.29, 1.82) is 0 Å². The molecule has 0 aliphatic carbocycles. The summed E-state index contributed by atoms with van der Waals surface area (Å²) in [5, 5.41) is 18.8. The van der Waals surface area contributed by atoms with Crippen molar-refractivity contribution >= 4 is 51.8 Å². The highest BCUT2D eigenvalue weighted by Crippen LogP contribution is 2.26. The molecule has 0 heterocycles. The SMILES string of the molecule is Nc1cc(C(=O)N/N=C/c2ccc(NC(=O)Cc3ccc(Cl)cc3)c3ccccc23)ccc1O. The molecule has 0 fully saturated rings. The number of carbonyl (C=O) groups excluding carboxylic acids is 2. The molecule has 2 amide bonds. The van der Waals surface area contributed by atoms with Crippen LogP contribution in [0.4, 0.5) is 11.4 Å². The maximum Gasteiger partial charge on any atom is 0.271 e. The largest absolute Gasteiger partial charge is 0.506 e. The molecule has 34 heavy (non-hydrogen) atoms. The maximum atomic E-state index is 12.6. The smallest absolute Gasteiger partial charge is 0.271 e. The Balaban J connectivity index is 1.49. The molecule has 4 aromatic carbocycles. The summed E-state index contributed by atoms with van der Waals surface area (Å²) >= 11 is 5.91. The average Bonchev–Trinajstić information content (AvgIpc) is 2.83. The van der Waals surface area contributed by atoms with Gasteiger partial charge in [-0.05, 0) is 47.3 Å². The first-order valence-electron chi connectivity index (χ1n) is 10.4. The lowest BCUT2D eigenvalue weighted by atomic mass is 10.0. The van der Waals surface area contributed by atoms with E-state index in [4.69, 9.17) is 17.3 Å². The summed E-state index contributed by atoms with van der Waals surface area (Å²) < 4.78 is 0. The third-order valence-corrected chi connectivity index (χ3v) is 5.42. The number of hydrazone groups is 1. The molecule has 0 atom stereocenters. The summed E-state index contributed by atoms with van der Waals surface area (Å²) in [6, 6.07) is 22.5. The molecule has 0 aliphatic rings. The molecule has 0 aromatic heterocycles. The highest BCUT2D eigenvalue weighted by atomic mass is 35.5. The van der Waals surface area contributed by atoms with Crippen LogP contribution in [-0.4, -0.2) is 23.1 Å². The molecule has 0 saturated heterocycles. The highest BCUT2D eigenvalue weighted by Gasteiger charge is 2.10. The normalized spacial score (nSPS) is 11.0. The number of nitrogens with one attached hydrogen (secondary N) is 2. The minimum absolute atomic E-state index is 0.0909. The van der Waals surface area contributed by atoms with E-state index in [-0.39, 0.29) is 29.3 Å². The van der Waals surface area contributed by atoms with Crippen molar-refractivity contribution in [2.24, 2.45) is 5.10 Å². The maximum absolute atomic E-state index is 12.6. The quantitative estimate of drug-likeness (QED) is 0.140. The van der Waals surface area contributed by atoms with Crippen molar-refractivity contribution in [3.05, 3.63) is 101 Å². The van der Waals surface area contributed by atoms with Crippen molar-refractivity contribution in [1.82, 2.24) is 5.43 Å². The Morgan fingerprint density at radius 2 is 1.71 bits per heavy atom. The van der Waals surface area contributed by atoms with Crippen LogP contribution in [0.15, 0.2) is 84.0 Å². The van der Waals surface area contributed by atoms with Gasteiger partial charge >= 0.3 is 0 Å². The van der Waals surface area contributed by atoms with Gasteiger partial charge in [-0.25, -0.2) is 5.43 Å². The Hall–Kier alpha value is -4.36. The number of rotatable bonds is 6. The molecule has 0 radical (unpaired) electrons. The summed E-state index contributed by atoms with van der Waals surface area (Å²) in [5.41, 5.74) is 10.8. The number of anilines is 2. The zero-order chi connectivity index (χ0) is 24.1. The number of nitrogen functional groups attached to an aromatic ring is 1. The van der Waals surface area contributed by atoms with E-state index < -0.39 is 5.91 Å². The average molecular weight is 473 g/mol. The first-order chi connectivity index (χ1) is 16.4. The highest BCUT2D eigenvalue weighted by molar-refractivity contribution is 6.30. The van der Waals surface area contributed by atoms with Crippen molar-refractivity contribution in [3.8, 4) is 5.75 Å². The molecule has 5 N–H and O–H groups in total. The van der Waals surface area contributed by atoms with Crippen LogP contribution in [0.25, 0.3) is 10.8 Å². The summed E-state index contributed by atoms with van der Waals surface area (Å²) in [7, 11) is 0. The van der Waals surface area contributed by atoms with Crippen LogP contribution in [0.5, 0.6) is 5.75 Å². The summed E-state index contributed by atoms with van der Waals surface area (Å²) in [4.78, 5) is 24.9. The van der Waals surface area contributed by atoms with Crippen molar-refractivity contribution in [2.45, 2.75) is 6.42 Å². The molecule has 0 saturated carbocycles. The molecule has 8 heteroatoms. The molecular weight excluding hydrogens is 452 g/mol. The topological polar surface area (TPSA) is 117 Å². The van der Waals surface area contributed by atoms with Gasteiger partial charge in [-0.2, -0.15) is 5.10 Å². The van der Waals surface area contributed by atoms with Gasteiger partial charge in [0.15, 0.2) is 0 Å². The van der Waals surface area contributed by atoms with Crippen molar-refractivity contribution in [3.63, 3.8) is 0 Å². The second kappa shape index (κ2) is 10.1. The van der Waals surface area contributed by atoms with Crippen LogP contribution in [0.1, 0.15) is 21.5 Å². The zero-order valence-electron chi connectivity index (χ0n) is 18.0. The molecule has 0 aliphatic heterocycles. The summed E-state index contributed by atoms with van der Waals surface area (Å²) in [5.74, 6) is -0.695. The fourth-order valence-electron chi connectivity index (χ4n) is 3.45. The number of carbonyl (C=O) groups is 2. The summed E-state index contributed by atoms with van der Waals surface area (Å²) in [6.45, 7) is 0. The van der Waals surface area contributed by atoms with Crippen LogP contribution < -0.4 is 16.5 Å². The number of nitrogens with zero attached hydrogens (tertiary/aromatic N) is 1. The Kier molecular flexibility index (Phi) is 6.75. The van der Waals surface area contributed by atoms with Gasteiger partial charge < -0.3 is 16.2 Å². The molecule has 4 aromatic rings. The van der Waals surface area contributed by atoms with Gasteiger partial charge in [0, 0.05) is 27.2 Å². The lowest BCUT2D eigenvalue weighted by molar-refractivity contribution is -0.115. The van der Waals surface area contributed by atoms with Crippen LogP contribution >= 0.6 is 11.6 Å². The number of phenols is 1. The minimum Gasteiger partial charge on any atom is -0.506 e. The van der Waals surface area contributed by atoms with Gasteiger partial charge in [0.05, 0.1) is 18.3 Å². The number of phenolic OH excluding ortho intramolecular Hbond substituents is 1. The Bertz CT molecular complexity index is 1400. The molecule has 7 nitrogen and oxygen atoms in total. The summed E-state index contributed by atoms with van der Waals surface area (Å²) in [6.07, 6.45) is 1.76. The number of benzene rings is 4. The first kappa shape index (κ1) is 22.8. The number of nitrogens with two attached hydrogens (primary N) is 1. The number of fused-ring (bicyclic) bond motifs is 1. The van der Waals surface area contributed by atoms with E-state index in [2.05, 4.69) is 15.8 Å². The van der Waals surface area contributed by atoms with Crippen molar-refractivity contribution in [2.75, 3.05) is 11.1 Å². The van der Waals surface area contributed by atoms with E-state index in [1.807, 2.05) is 42.5 Å². The first-order valence-corrected chi connectivity index (χ1v) is 10.8. The lowest BCUT2D eigenvalue weighted by Gasteiger charge is -2.11. The third-order valence-electron chi connectivity index (χ3n) is 5.17. The predicted molar refractivity (Wildman–Crippen MR) is 135 cm³/mol. The Morgan fingerprint density at radius 1 is 0.971 bits per heavy atom. The zero-order valence-corrected chi connectivity index (χ0v) is 18.7. The second-order valence-electron chi connectivity index (χ2n) is 7.57. The van der Waals surface area contributed by atoms with E-state index in [0.29, 0.717) is 10.7 Å². The third kappa shape index (κ3) is 5.33. The van der Waals surface area contributed by atoms with Gasteiger partial charge in [-0.1, -0.05) is 54.1 Å². The van der Waals surface area contributed by atoms with Gasteiger partial charge in [0.1, 0.15) is 5.75 Å². The van der Waals surface area contributed by atoms with Gasteiger partial charge in [0.2, 0.25) is 5.91 Å². The number of halogens is 1. The van der Waals surface area contributed by atoms with Crippen LogP contribution in [0.3, 0.4) is 0 Å². The van der Waals surface area contributed by atoms with Crippen molar-refractivity contribution < 1.29 is 14.7 Å². The lowest BCUT2D eigenvalue weighted by Crippen LogP contribution is -2.17. The van der Waals surface area contributed by atoms with E-state index in [1.54, 1.807) is 18.2 Å². The van der Waals surface area contributed by atoms with E-state index in [9.17, 15) is 14.7 Å².